The van der Waals surface area contributed by atoms with Crippen LogP contribution in [-0.4, -0.2) is 11.0 Å². The molecule has 0 aliphatic rings. The molecule has 2 N–H and O–H groups in total. The van der Waals surface area contributed by atoms with Gasteiger partial charge in [-0.05, 0) is 18.1 Å². The summed E-state index contributed by atoms with van der Waals surface area (Å²) in [6, 6.07) is 8.77. The molecule has 1 heterocycles. The first kappa shape index (κ1) is 12.6. The van der Waals surface area contributed by atoms with Crippen molar-refractivity contribution in [2.24, 2.45) is 5.73 Å². The molecule has 18 heavy (non-hydrogen) atoms. The van der Waals surface area contributed by atoms with E-state index in [9.17, 15) is 4.79 Å². The summed E-state index contributed by atoms with van der Waals surface area (Å²) in [5.74, 6) is 0.391. The Hall–Kier alpha value is -1.88. The van der Waals surface area contributed by atoms with E-state index in [1.807, 2.05) is 30.3 Å². The first-order valence-electron chi connectivity index (χ1n) is 5.70. The quantitative estimate of drug-likeness (QED) is 0.919. The standard InChI is InChI=1S/C13H15N3OS/c1-9(2)11-8-15-13(18-11)16(12(14)17)10-6-4-3-5-7-10/h3-9H,1-2H3,(H2,14,17). The third kappa shape index (κ3) is 2.51. The second-order valence-electron chi connectivity index (χ2n) is 4.21. The number of anilines is 2. The van der Waals surface area contributed by atoms with E-state index in [0.29, 0.717) is 11.0 Å². The highest BCUT2D eigenvalue weighted by Crippen LogP contribution is 2.32. The molecule has 2 amide bonds. The summed E-state index contributed by atoms with van der Waals surface area (Å²) in [7, 11) is 0. The lowest BCUT2D eigenvalue weighted by Gasteiger charge is -2.16. The van der Waals surface area contributed by atoms with E-state index in [-0.39, 0.29) is 0 Å². The number of para-hydroxylation sites is 1. The summed E-state index contributed by atoms with van der Waals surface area (Å²) in [5.41, 5.74) is 6.17. The Morgan fingerprint density at radius 1 is 1.33 bits per heavy atom. The van der Waals surface area contributed by atoms with Gasteiger partial charge >= 0.3 is 6.03 Å². The normalized spacial score (nSPS) is 10.6. The van der Waals surface area contributed by atoms with Gasteiger partial charge in [-0.25, -0.2) is 14.7 Å². The van der Waals surface area contributed by atoms with Gasteiger partial charge in [-0.1, -0.05) is 32.0 Å². The van der Waals surface area contributed by atoms with E-state index < -0.39 is 6.03 Å². The Bertz CT molecular complexity index is 536. The Morgan fingerprint density at radius 3 is 2.50 bits per heavy atom. The molecule has 0 saturated heterocycles. The average molecular weight is 261 g/mol. The smallest absolute Gasteiger partial charge is 0.325 e. The van der Waals surface area contributed by atoms with Crippen molar-refractivity contribution in [1.29, 1.82) is 0 Å². The largest absolute Gasteiger partial charge is 0.351 e. The minimum absolute atomic E-state index is 0.391. The van der Waals surface area contributed by atoms with Crippen LogP contribution in [-0.2, 0) is 0 Å². The number of amides is 2. The second kappa shape index (κ2) is 5.18. The van der Waals surface area contributed by atoms with Crippen LogP contribution in [0.25, 0.3) is 0 Å². The van der Waals surface area contributed by atoms with E-state index in [2.05, 4.69) is 18.8 Å². The highest BCUT2D eigenvalue weighted by molar-refractivity contribution is 7.15. The molecule has 1 aromatic heterocycles. The number of carbonyl (C=O) groups is 1. The SMILES string of the molecule is CC(C)c1cnc(N(C(N)=O)c2ccccc2)s1. The molecule has 1 aromatic carbocycles. The molecule has 0 fully saturated rings. The van der Waals surface area contributed by atoms with Gasteiger partial charge in [0.25, 0.3) is 0 Å². The van der Waals surface area contributed by atoms with Gasteiger partial charge in [0.05, 0.1) is 5.69 Å². The van der Waals surface area contributed by atoms with Gasteiger partial charge in [-0.2, -0.15) is 0 Å². The molecule has 0 saturated carbocycles. The fraction of sp³-hybridized carbons (Fsp3) is 0.231. The average Bonchev–Trinajstić information content (AvgIpc) is 2.79. The Kier molecular flexibility index (Phi) is 3.62. The number of hydrogen-bond donors (Lipinski definition) is 1. The third-order valence-corrected chi connectivity index (χ3v) is 3.79. The number of hydrogen-bond acceptors (Lipinski definition) is 3. The van der Waals surface area contributed by atoms with Gasteiger partial charge in [-0.15, -0.1) is 11.3 Å². The zero-order chi connectivity index (χ0) is 13.1. The van der Waals surface area contributed by atoms with Crippen molar-refractivity contribution in [3.05, 3.63) is 41.4 Å². The lowest BCUT2D eigenvalue weighted by Crippen LogP contribution is -2.31. The van der Waals surface area contributed by atoms with E-state index in [1.54, 1.807) is 6.20 Å². The molecule has 2 aromatic rings. The van der Waals surface area contributed by atoms with Crippen LogP contribution < -0.4 is 10.6 Å². The van der Waals surface area contributed by atoms with Gasteiger partial charge in [0.15, 0.2) is 5.13 Å². The molecule has 0 aliphatic carbocycles. The highest BCUT2D eigenvalue weighted by atomic mass is 32.1. The van der Waals surface area contributed by atoms with Gasteiger partial charge in [-0.3, -0.25) is 0 Å². The van der Waals surface area contributed by atoms with Crippen molar-refractivity contribution in [1.82, 2.24) is 4.98 Å². The fourth-order valence-electron chi connectivity index (χ4n) is 1.56. The van der Waals surface area contributed by atoms with E-state index in [1.165, 1.54) is 16.2 Å². The number of urea groups is 1. The van der Waals surface area contributed by atoms with Crippen LogP contribution in [0.15, 0.2) is 36.5 Å². The molecule has 0 unspecified atom stereocenters. The highest BCUT2D eigenvalue weighted by Gasteiger charge is 2.18. The van der Waals surface area contributed by atoms with Crippen molar-refractivity contribution in [2.45, 2.75) is 19.8 Å². The summed E-state index contributed by atoms with van der Waals surface area (Å²) in [6.45, 7) is 4.18. The Labute approximate surface area is 110 Å². The van der Waals surface area contributed by atoms with Crippen LogP contribution in [0.2, 0.25) is 0 Å². The molecule has 5 heteroatoms. The van der Waals surface area contributed by atoms with E-state index >= 15 is 0 Å². The first-order chi connectivity index (χ1) is 8.59. The molecular weight excluding hydrogens is 246 g/mol. The summed E-state index contributed by atoms with van der Waals surface area (Å²) in [6.07, 6.45) is 1.80. The number of carbonyl (C=O) groups excluding carboxylic acids is 1. The van der Waals surface area contributed by atoms with Gasteiger partial charge in [0.2, 0.25) is 0 Å². The Morgan fingerprint density at radius 2 is 2.00 bits per heavy atom. The van der Waals surface area contributed by atoms with Crippen molar-refractivity contribution in [2.75, 3.05) is 4.90 Å². The monoisotopic (exact) mass is 261 g/mol. The zero-order valence-corrected chi connectivity index (χ0v) is 11.1. The predicted octanol–water partition coefficient (Wildman–Crippen LogP) is 3.48. The summed E-state index contributed by atoms with van der Waals surface area (Å²) < 4.78 is 0. The maximum absolute atomic E-state index is 11.6. The van der Waals surface area contributed by atoms with E-state index in [4.69, 9.17) is 5.73 Å². The van der Waals surface area contributed by atoms with Gasteiger partial charge in [0, 0.05) is 11.1 Å². The number of thiazole rings is 1. The van der Waals surface area contributed by atoms with Crippen LogP contribution in [0.4, 0.5) is 15.6 Å². The minimum Gasteiger partial charge on any atom is -0.351 e. The number of rotatable bonds is 3. The molecular formula is C13H15N3OS. The molecule has 0 radical (unpaired) electrons. The first-order valence-corrected chi connectivity index (χ1v) is 6.51. The summed E-state index contributed by atoms with van der Waals surface area (Å²) in [4.78, 5) is 18.4. The summed E-state index contributed by atoms with van der Waals surface area (Å²) in [5, 5.41) is 0.609. The van der Waals surface area contributed by atoms with Crippen molar-refractivity contribution in [3.63, 3.8) is 0 Å². The maximum Gasteiger partial charge on any atom is 0.325 e. The second-order valence-corrected chi connectivity index (χ2v) is 5.25. The number of aromatic nitrogens is 1. The number of primary amides is 1. The van der Waals surface area contributed by atoms with Crippen molar-refractivity contribution in [3.8, 4) is 0 Å². The van der Waals surface area contributed by atoms with Crippen LogP contribution in [0.1, 0.15) is 24.6 Å². The lowest BCUT2D eigenvalue weighted by molar-refractivity contribution is 0.256. The van der Waals surface area contributed by atoms with Crippen LogP contribution in [0.3, 0.4) is 0 Å². The van der Waals surface area contributed by atoms with Crippen molar-refractivity contribution >= 4 is 28.2 Å². The molecule has 0 aliphatic heterocycles. The van der Waals surface area contributed by atoms with E-state index in [0.717, 1.165) is 10.6 Å². The molecule has 0 atom stereocenters. The number of nitrogens with zero attached hydrogens (tertiary/aromatic N) is 2. The van der Waals surface area contributed by atoms with Crippen LogP contribution in [0.5, 0.6) is 0 Å². The number of nitrogens with two attached hydrogens (primary N) is 1. The minimum atomic E-state index is -0.522. The van der Waals surface area contributed by atoms with Gasteiger partial charge < -0.3 is 5.73 Å². The predicted molar refractivity (Wildman–Crippen MR) is 74.4 cm³/mol. The Balaban J connectivity index is 2.39. The van der Waals surface area contributed by atoms with Crippen molar-refractivity contribution < 1.29 is 4.79 Å². The molecule has 0 spiro atoms. The molecule has 2 rings (SSSR count). The topological polar surface area (TPSA) is 59.2 Å². The molecule has 4 nitrogen and oxygen atoms in total. The zero-order valence-electron chi connectivity index (χ0n) is 10.3. The van der Waals surface area contributed by atoms with Crippen LogP contribution >= 0.6 is 11.3 Å². The molecule has 94 valence electrons. The number of benzene rings is 1. The summed E-state index contributed by atoms with van der Waals surface area (Å²) >= 11 is 1.49. The third-order valence-electron chi connectivity index (χ3n) is 2.51. The fourth-order valence-corrected chi connectivity index (χ4v) is 2.50. The lowest BCUT2D eigenvalue weighted by atomic mass is 10.2. The van der Waals surface area contributed by atoms with Crippen LogP contribution in [0, 0.1) is 0 Å². The van der Waals surface area contributed by atoms with Gasteiger partial charge in [0.1, 0.15) is 0 Å². The maximum atomic E-state index is 11.6. The molecule has 0 bridgehead atoms.